The molecule has 0 aliphatic heterocycles. The molecule has 4 rings (SSSR count). The van der Waals surface area contributed by atoms with Gasteiger partial charge in [-0.3, -0.25) is 4.79 Å². The van der Waals surface area contributed by atoms with Crippen molar-refractivity contribution >= 4 is 27.7 Å². The Labute approximate surface area is 170 Å². The third kappa shape index (κ3) is 3.46. The number of nitrogens with two attached hydrogens (primary N) is 1. The highest BCUT2D eigenvalue weighted by Crippen LogP contribution is 2.34. The summed E-state index contributed by atoms with van der Waals surface area (Å²) in [5.41, 5.74) is 10.8. The van der Waals surface area contributed by atoms with Gasteiger partial charge in [0.2, 0.25) is 5.91 Å². The minimum absolute atomic E-state index is 0.401. The zero-order valence-electron chi connectivity index (χ0n) is 16.9. The largest absolute Gasteiger partial charge is 0.494 e. The molecule has 29 heavy (non-hydrogen) atoms. The highest BCUT2D eigenvalue weighted by Gasteiger charge is 2.17. The molecule has 1 aromatic heterocycles. The number of fused-ring (bicyclic) bond motifs is 3. The van der Waals surface area contributed by atoms with Gasteiger partial charge in [0.05, 0.1) is 18.7 Å². The van der Waals surface area contributed by atoms with Gasteiger partial charge in [-0.2, -0.15) is 0 Å². The average Bonchev–Trinajstić information content (AvgIpc) is 3.03. The molecular formula is C25H26N2O2. The molecule has 3 aromatic carbocycles. The zero-order chi connectivity index (χ0) is 20.4. The van der Waals surface area contributed by atoms with Crippen LogP contribution in [0.4, 0.5) is 0 Å². The van der Waals surface area contributed by atoms with Gasteiger partial charge < -0.3 is 15.0 Å². The molecule has 4 heteroatoms. The second-order valence-electron chi connectivity index (χ2n) is 7.29. The number of aromatic nitrogens is 1. The maximum atomic E-state index is 12.1. The van der Waals surface area contributed by atoms with Crippen LogP contribution >= 0.6 is 0 Å². The second-order valence-corrected chi connectivity index (χ2v) is 7.29. The van der Waals surface area contributed by atoms with Gasteiger partial charge in [-0.25, -0.2) is 0 Å². The summed E-state index contributed by atoms with van der Waals surface area (Å²) in [5.74, 6) is 0.489. The molecule has 0 bridgehead atoms. The van der Waals surface area contributed by atoms with E-state index in [-0.39, 0.29) is 0 Å². The lowest BCUT2D eigenvalue weighted by molar-refractivity contribution is 0.100. The minimum Gasteiger partial charge on any atom is -0.494 e. The number of hydrogen-bond acceptors (Lipinski definition) is 2. The number of carbonyl (C=O) groups is 1. The van der Waals surface area contributed by atoms with Crippen molar-refractivity contribution in [3.8, 4) is 5.75 Å². The van der Waals surface area contributed by atoms with Gasteiger partial charge in [0.1, 0.15) is 5.75 Å². The maximum Gasteiger partial charge on any atom is 0.249 e. The Bertz CT molecular complexity index is 1190. The molecule has 0 atom stereocenters. The number of nitrogens with zero attached hydrogens (tertiary/aromatic N) is 1. The van der Waals surface area contributed by atoms with Gasteiger partial charge in [-0.1, -0.05) is 49.7 Å². The fraction of sp³-hybridized carbons (Fsp3) is 0.240. The first kappa shape index (κ1) is 19.1. The molecule has 0 spiro atoms. The van der Waals surface area contributed by atoms with E-state index in [1.165, 1.54) is 5.56 Å². The number of benzene rings is 3. The van der Waals surface area contributed by atoms with Crippen LogP contribution in [-0.4, -0.2) is 17.1 Å². The standard InChI is InChI=1S/C25H26N2O2/c1-3-8-17-13-14-19-22(15-17)27(16-18-9-5-6-12-23(18)29-4-2)21-11-7-10-20(24(19)21)25(26)28/h5-7,9-15H,3-4,8,16H2,1-2H3,(H2,26,28). The van der Waals surface area contributed by atoms with Crippen LogP contribution < -0.4 is 10.5 Å². The van der Waals surface area contributed by atoms with Crippen molar-refractivity contribution in [2.75, 3.05) is 6.61 Å². The van der Waals surface area contributed by atoms with E-state index in [2.05, 4.69) is 41.8 Å². The summed E-state index contributed by atoms with van der Waals surface area (Å²) in [6.07, 6.45) is 2.11. The summed E-state index contributed by atoms with van der Waals surface area (Å²) < 4.78 is 8.12. The summed E-state index contributed by atoms with van der Waals surface area (Å²) >= 11 is 0. The molecule has 4 nitrogen and oxygen atoms in total. The lowest BCUT2D eigenvalue weighted by atomic mass is 10.0. The predicted octanol–water partition coefficient (Wildman–Crippen LogP) is 5.29. The molecule has 0 saturated carbocycles. The van der Waals surface area contributed by atoms with Gasteiger partial charge in [-0.05, 0) is 43.2 Å². The average molecular weight is 386 g/mol. The van der Waals surface area contributed by atoms with E-state index in [9.17, 15) is 4.79 Å². The van der Waals surface area contributed by atoms with E-state index in [4.69, 9.17) is 10.5 Å². The highest BCUT2D eigenvalue weighted by atomic mass is 16.5. The van der Waals surface area contributed by atoms with E-state index < -0.39 is 5.91 Å². The summed E-state index contributed by atoms with van der Waals surface area (Å²) in [7, 11) is 0. The van der Waals surface area contributed by atoms with E-state index in [1.54, 1.807) is 0 Å². The van der Waals surface area contributed by atoms with Crippen molar-refractivity contribution < 1.29 is 9.53 Å². The number of rotatable bonds is 7. The van der Waals surface area contributed by atoms with Gasteiger partial charge in [0.25, 0.3) is 0 Å². The van der Waals surface area contributed by atoms with Crippen LogP contribution in [0.2, 0.25) is 0 Å². The number of para-hydroxylation sites is 1. The number of ether oxygens (including phenoxy) is 1. The molecule has 0 radical (unpaired) electrons. The van der Waals surface area contributed by atoms with Crippen LogP contribution in [0.5, 0.6) is 5.75 Å². The highest BCUT2D eigenvalue weighted by molar-refractivity contribution is 6.18. The van der Waals surface area contributed by atoms with Crippen molar-refractivity contribution in [2.24, 2.45) is 5.73 Å². The number of aryl methyl sites for hydroxylation is 1. The molecule has 0 fully saturated rings. The topological polar surface area (TPSA) is 57.2 Å². The van der Waals surface area contributed by atoms with Crippen LogP contribution in [0.15, 0.2) is 60.7 Å². The molecule has 2 N–H and O–H groups in total. The predicted molar refractivity (Wildman–Crippen MR) is 119 cm³/mol. The summed E-state index contributed by atoms with van der Waals surface area (Å²) in [5, 5.41) is 1.98. The fourth-order valence-corrected chi connectivity index (χ4v) is 4.11. The van der Waals surface area contributed by atoms with E-state index in [0.717, 1.165) is 46.0 Å². The molecule has 0 aliphatic carbocycles. The number of amides is 1. The SMILES string of the molecule is CCCc1ccc2c3c(C(N)=O)cccc3n(Cc3ccccc3OCC)c2c1. The smallest absolute Gasteiger partial charge is 0.249 e. The van der Waals surface area contributed by atoms with Crippen molar-refractivity contribution in [3.05, 3.63) is 77.4 Å². The Morgan fingerprint density at radius 3 is 2.59 bits per heavy atom. The number of primary amides is 1. The summed E-state index contributed by atoms with van der Waals surface area (Å²) in [6.45, 7) is 5.46. The van der Waals surface area contributed by atoms with Crippen molar-refractivity contribution in [2.45, 2.75) is 33.2 Å². The van der Waals surface area contributed by atoms with Crippen molar-refractivity contribution in [1.29, 1.82) is 0 Å². The minimum atomic E-state index is -0.401. The van der Waals surface area contributed by atoms with Crippen molar-refractivity contribution in [1.82, 2.24) is 4.57 Å². The first-order chi connectivity index (χ1) is 14.1. The van der Waals surface area contributed by atoms with Gasteiger partial charge in [0.15, 0.2) is 0 Å². The Hall–Kier alpha value is -3.27. The first-order valence-corrected chi connectivity index (χ1v) is 10.2. The fourth-order valence-electron chi connectivity index (χ4n) is 4.11. The Morgan fingerprint density at radius 2 is 1.83 bits per heavy atom. The van der Waals surface area contributed by atoms with Crippen molar-refractivity contribution in [3.63, 3.8) is 0 Å². The van der Waals surface area contributed by atoms with Crippen LogP contribution in [0.3, 0.4) is 0 Å². The second kappa shape index (κ2) is 8.00. The lowest BCUT2D eigenvalue weighted by Crippen LogP contribution is -2.11. The van der Waals surface area contributed by atoms with Gasteiger partial charge >= 0.3 is 0 Å². The van der Waals surface area contributed by atoms with E-state index in [0.29, 0.717) is 18.7 Å². The van der Waals surface area contributed by atoms with Crippen LogP contribution in [-0.2, 0) is 13.0 Å². The van der Waals surface area contributed by atoms with Gasteiger partial charge in [-0.15, -0.1) is 0 Å². The molecule has 148 valence electrons. The number of hydrogen-bond donors (Lipinski definition) is 1. The molecule has 1 amide bonds. The molecule has 4 aromatic rings. The Balaban J connectivity index is 1.99. The third-order valence-corrected chi connectivity index (χ3v) is 5.36. The third-order valence-electron chi connectivity index (χ3n) is 5.36. The van der Waals surface area contributed by atoms with E-state index in [1.807, 2.05) is 37.3 Å². The summed E-state index contributed by atoms with van der Waals surface area (Å²) in [4.78, 5) is 12.1. The van der Waals surface area contributed by atoms with Gasteiger partial charge in [0, 0.05) is 27.4 Å². The lowest BCUT2D eigenvalue weighted by Gasteiger charge is -2.13. The molecule has 1 heterocycles. The Morgan fingerprint density at radius 1 is 1.00 bits per heavy atom. The molecule has 0 aliphatic rings. The molecule has 0 unspecified atom stereocenters. The first-order valence-electron chi connectivity index (χ1n) is 10.2. The molecule has 0 saturated heterocycles. The quantitative estimate of drug-likeness (QED) is 0.469. The monoisotopic (exact) mass is 386 g/mol. The zero-order valence-corrected chi connectivity index (χ0v) is 16.9. The number of carbonyl (C=O) groups excluding carboxylic acids is 1. The summed E-state index contributed by atoms with van der Waals surface area (Å²) in [6, 6.07) is 20.4. The van der Waals surface area contributed by atoms with E-state index >= 15 is 0 Å². The normalized spacial score (nSPS) is 11.2. The van der Waals surface area contributed by atoms with Crippen LogP contribution in [0.1, 0.15) is 41.8 Å². The maximum absolute atomic E-state index is 12.1. The Kier molecular flexibility index (Phi) is 5.26. The van der Waals surface area contributed by atoms with Crippen LogP contribution in [0, 0.1) is 0 Å². The van der Waals surface area contributed by atoms with Crippen LogP contribution in [0.25, 0.3) is 21.8 Å². The molecular weight excluding hydrogens is 360 g/mol.